The van der Waals surface area contributed by atoms with Crippen LogP contribution in [0.2, 0.25) is 0 Å². The number of furan rings is 1. The number of carbonyl (C=O) groups excluding carboxylic acids is 3. The van der Waals surface area contributed by atoms with Gasteiger partial charge in [0.2, 0.25) is 0 Å². The van der Waals surface area contributed by atoms with Crippen LogP contribution in [0.5, 0.6) is 5.75 Å². The standard InChI is InChI=1S/C23H20N2O7S/c1-11-10-13(7-8-14(11)30-3)18(26)16-17(15-6-5-9-32-15)25(21(28)19(16)27)23-24-12(2)20(33-23)22(29)31-4/h5-10,17,26H,1-4H3/t17-/m1/s1. The van der Waals surface area contributed by atoms with Gasteiger partial charge >= 0.3 is 11.9 Å². The van der Waals surface area contributed by atoms with Crippen molar-refractivity contribution >= 4 is 39.9 Å². The Bertz CT molecular complexity index is 1290. The first-order valence-electron chi connectivity index (χ1n) is 9.83. The number of amides is 1. The van der Waals surface area contributed by atoms with E-state index in [1.165, 1.54) is 20.5 Å². The summed E-state index contributed by atoms with van der Waals surface area (Å²) in [6.45, 7) is 3.40. The number of benzene rings is 1. The minimum atomic E-state index is -1.07. The van der Waals surface area contributed by atoms with Gasteiger partial charge in [0.15, 0.2) is 5.13 Å². The molecule has 1 N–H and O–H groups in total. The molecule has 1 saturated heterocycles. The summed E-state index contributed by atoms with van der Waals surface area (Å²) in [5.74, 6) is -1.87. The summed E-state index contributed by atoms with van der Waals surface area (Å²) in [7, 11) is 2.77. The average Bonchev–Trinajstić information content (AvgIpc) is 3.52. The van der Waals surface area contributed by atoms with E-state index in [1.54, 1.807) is 44.2 Å². The number of thiazole rings is 1. The minimum absolute atomic E-state index is 0.112. The Balaban J connectivity index is 1.90. The quantitative estimate of drug-likeness (QED) is 0.260. The Labute approximate surface area is 192 Å². The number of aromatic nitrogens is 1. The zero-order chi connectivity index (χ0) is 23.9. The van der Waals surface area contributed by atoms with E-state index in [0.717, 1.165) is 21.8 Å². The number of aryl methyl sites for hydroxylation is 2. The monoisotopic (exact) mass is 468 g/mol. The van der Waals surface area contributed by atoms with E-state index in [0.29, 0.717) is 17.0 Å². The van der Waals surface area contributed by atoms with Crippen LogP contribution in [-0.4, -0.2) is 42.0 Å². The summed E-state index contributed by atoms with van der Waals surface area (Å²) >= 11 is 0.918. The first-order valence-corrected chi connectivity index (χ1v) is 10.6. The molecule has 0 aliphatic carbocycles. The summed E-state index contributed by atoms with van der Waals surface area (Å²) in [6.07, 6.45) is 1.40. The van der Waals surface area contributed by atoms with E-state index in [2.05, 4.69) is 4.98 Å². The van der Waals surface area contributed by atoms with Gasteiger partial charge in [-0.25, -0.2) is 9.78 Å². The Morgan fingerprint density at radius 2 is 1.97 bits per heavy atom. The summed E-state index contributed by atoms with van der Waals surface area (Å²) in [4.78, 5) is 43.9. The highest BCUT2D eigenvalue weighted by Crippen LogP contribution is 2.44. The Hall–Kier alpha value is -3.92. The third-order valence-electron chi connectivity index (χ3n) is 5.29. The number of aliphatic hydroxyl groups excluding tert-OH is 1. The maximum atomic E-state index is 13.1. The number of ether oxygens (including phenoxy) is 2. The lowest BCUT2D eigenvalue weighted by atomic mass is 9.98. The number of Topliss-reactive ketones (excluding diaryl/α,β-unsaturated/α-hetero) is 1. The number of anilines is 1. The van der Waals surface area contributed by atoms with Crippen LogP contribution in [0.3, 0.4) is 0 Å². The molecule has 0 unspecified atom stereocenters. The maximum absolute atomic E-state index is 13.1. The molecule has 1 aromatic carbocycles. The van der Waals surface area contributed by atoms with Gasteiger partial charge in [0.1, 0.15) is 28.2 Å². The van der Waals surface area contributed by atoms with Gasteiger partial charge in [0.25, 0.3) is 5.78 Å². The molecule has 4 rings (SSSR count). The van der Waals surface area contributed by atoms with Crippen molar-refractivity contribution in [1.82, 2.24) is 4.98 Å². The van der Waals surface area contributed by atoms with E-state index in [-0.39, 0.29) is 27.1 Å². The van der Waals surface area contributed by atoms with E-state index in [9.17, 15) is 19.5 Å². The molecular weight excluding hydrogens is 448 g/mol. The lowest BCUT2D eigenvalue weighted by molar-refractivity contribution is -0.132. The molecule has 1 atom stereocenters. The molecule has 0 bridgehead atoms. The van der Waals surface area contributed by atoms with Gasteiger partial charge in [-0.2, -0.15) is 0 Å². The number of carbonyl (C=O) groups is 3. The van der Waals surface area contributed by atoms with Crippen molar-refractivity contribution in [3.05, 3.63) is 69.6 Å². The lowest BCUT2D eigenvalue weighted by Gasteiger charge is -2.20. The van der Waals surface area contributed by atoms with Crippen LogP contribution in [0.25, 0.3) is 5.76 Å². The molecule has 9 nitrogen and oxygen atoms in total. The largest absolute Gasteiger partial charge is 0.507 e. The van der Waals surface area contributed by atoms with E-state index in [1.807, 2.05) is 0 Å². The highest BCUT2D eigenvalue weighted by Gasteiger charge is 2.49. The number of methoxy groups -OCH3 is 2. The molecule has 2 aromatic heterocycles. The Morgan fingerprint density at radius 3 is 2.58 bits per heavy atom. The van der Waals surface area contributed by atoms with Crippen molar-refractivity contribution in [3.8, 4) is 5.75 Å². The molecular formula is C23H20N2O7S. The van der Waals surface area contributed by atoms with Crippen LogP contribution in [0, 0.1) is 13.8 Å². The number of ketones is 1. The normalized spacial score (nSPS) is 17.5. The van der Waals surface area contributed by atoms with Gasteiger partial charge in [-0.3, -0.25) is 14.5 Å². The van der Waals surface area contributed by atoms with Crippen molar-refractivity contribution in [1.29, 1.82) is 0 Å². The lowest BCUT2D eigenvalue weighted by Crippen LogP contribution is -2.29. The molecule has 1 aliphatic heterocycles. The smallest absolute Gasteiger partial charge is 0.350 e. The molecule has 10 heteroatoms. The fourth-order valence-electron chi connectivity index (χ4n) is 3.69. The molecule has 0 radical (unpaired) electrons. The number of rotatable bonds is 5. The zero-order valence-corrected chi connectivity index (χ0v) is 19.1. The van der Waals surface area contributed by atoms with Gasteiger partial charge in [0, 0.05) is 5.56 Å². The van der Waals surface area contributed by atoms with Crippen molar-refractivity contribution in [3.63, 3.8) is 0 Å². The second-order valence-corrected chi connectivity index (χ2v) is 8.25. The third-order valence-corrected chi connectivity index (χ3v) is 6.42. The highest BCUT2D eigenvalue weighted by atomic mass is 32.1. The van der Waals surface area contributed by atoms with Gasteiger partial charge in [-0.05, 0) is 49.7 Å². The molecule has 1 aliphatic rings. The van der Waals surface area contributed by atoms with Crippen LogP contribution in [0.15, 0.2) is 46.6 Å². The SMILES string of the molecule is COC(=O)c1sc(N2C(=O)C(=O)C(=C(O)c3ccc(OC)c(C)c3)[C@H]2c2ccco2)nc1C. The maximum Gasteiger partial charge on any atom is 0.350 e. The summed E-state index contributed by atoms with van der Waals surface area (Å²) < 4.78 is 15.5. The summed E-state index contributed by atoms with van der Waals surface area (Å²) in [6, 6.07) is 7.05. The van der Waals surface area contributed by atoms with Crippen LogP contribution in [-0.2, 0) is 14.3 Å². The Morgan fingerprint density at radius 1 is 1.21 bits per heavy atom. The first-order chi connectivity index (χ1) is 15.8. The highest BCUT2D eigenvalue weighted by molar-refractivity contribution is 7.17. The molecule has 33 heavy (non-hydrogen) atoms. The van der Waals surface area contributed by atoms with Gasteiger partial charge < -0.3 is 19.0 Å². The Kier molecular flexibility index (Phi) is 5.77. The number of hydrogen-bond acceptors (Lipinski definition) is 9. The van der Waals surface area contributed by atoms with Crippen molar-refractivity contribution in [2.45, 2.75) is 19.9 Å². The molecule has 1 amide bonds. The van der Waals surface area contributed by atoms with Gasteiger partial charge in [0.05, 0.1) is 31.7 Å². The third kappa shape index (κ3) is 3.68. The van der Waals surface area contributed by atoms with Gasteiger partial charge in [-0.1, -0.05) is 11.3 Å². The molecule has 170 valence electrons. The predicted molar refractivity (Wildman–Crippen MR) is 119 cm³/mol. The van der Waals surface area contributed by atoms with Crippen LogP contribution in [0.4, 0.5) is 5.13 Å². The second-order valence-electron chi connectivity index (χ2n) is 7.27. The molecule has 0 spiro atoms. The second kappa shape index (κ2) is 8.55. The van der Waals surface area contributed by atoms with E-state index >= 15 is 0 Å². The van der Waals surface area contributed by atoms with Crippen LogP contribution < -0.4 is 9.64 Å². The fourth-order valence-corrected chi connectivity index (χ4v) is 4.71. The number of esters is 1. The predicted octanol–water partition coefficient (Wildman–Crippen LogP) is 3.77. The molecule has 0 saturated carbocycles. The molecule has 3 heterocycles. The van der Waals surface area contributed by atoms with Crippen molar-refractivity contribution in [2.75, 3.05) is 19.1 Å². The summed E-state index contributed by atoms with van der Waals surface area (Å²) in [5.41, 5.74) is 1.29. The van der Waals surface area contributed by atoms with Crippen LogP contribution in [0.1, 0.15) is 38.3 Å². The minimum Gasteiger partial charge on any atom is -0.507 e. The number of hydrogen-bond donors (Lipinski definition) is 1. The van der Waals surface area contributed by atoms with Crippen molar-refractivity contribution < 1.29 is 33.4 Å². The van der Waals surface area contributed by atoms with E-state index in [4.69, 9.17) is 13.9 Å². The van der Waals surface area contributed by atoms with Gasteiger partial charge in [-0.15, -0.1) is 0 Å². The first kappa shape index (κ1) is 22.3. The average molecular weight is 468 g/mol. The number of aliphatic hydroxyl groups is 1. The topological polar surface area (TPSA) is 119 Å². The summed E-state index contributed by atoms with van der Waals surface area (Å²) in [5, 5.41) is 11.2. The number of nitrogens with zero attached hydrogens (tertiary/aromatic N) is 2. The van der Waals surface area contributed by atoms with Crippen LogP contribution >= 0.6 is 11.3 Å². The fraction of sp³-hybridized carbons (Fsp3) is 0.217. The molecule has 3 aromatic rings. The zero-order valence-electron chi connectivity index (χ0n) is 18.2. The van der Waals surface area contributed by atoms with Crippen molar-refractivity contribution in [2.24, 2.45) is 0 Å². The van der Waals surface area contributed by atoms with E-state index < -0.39 is 23.7 Å². The molecule has 1 fully saturated rings.